The Kier molecular flexibility index (Phi) is 4.43. The van der Waals surface area contributed by atoms with Crippen LogP contribution < -0.4 is 10.2 Å². The Morgan fingerprint density at radius 3 is 3.06 bits per heavy atom. The number of hydrogen-bond acceptors (Lipinski definition) is 3. The molecule has 18 heavy (non-hydrogen) atoms. The number of aromatic amines is 1. The van der Waals surface area contributed by atoms with Gasteiger partial charge in [0.2, 0.25) is 0 Å². The van der Waals surface area contributed by atoms with Crippen LogP contribution in [0.5, 0.6) is 5.75 Å². The number of rotatable bonds is 5. The van der Waals surface area contributed by atoms with Crippen molar-refractivity contribution in [3.05, 3.63) is 30.0 Å². The van der Waals surface area contributed by atoms with E-state index in [-0.39, 0.29) is 5.91 Å². The van der Waals surface area contributed by atoms with Crippen LogP contribution in [0.1, 0.15) is 5.56 Å². The van der Waals surface area contributed by atoms with Crippen LogP contribution in [0.25, 0.3) is 10.9 Å². The maximum Gasteiger partial charge on any atom is 0.253 e. The van der Waals surface area contributed by atoms with E-state index in [1.807, 2.05) is 47.0 Å². The highest BCUT2D eigenvalue weighted by Crippen LogP contribution is 2.23. The molecule has 2 N–H and O–H groups in total. The van der Waals surface area contributed by atoms with E-state index in [0.717, 1.165) is 22.2 Å². The molecule has 96 valence electrons. The van der Waals surface area contributed by atoms with Crippen LogP contribution in [-0.4, -0.2) is 22.4 Å². The van der Waals surface area contributed by atoms with E-state index in [1.165, 1.54) is 0 Å². The summed E-state index contributed by atoms with van der Waals surface area (Å²) in [4.78, 5) is 19.3. The molecule has 0 saturated carbocycles. The number of carbonyl (C=O) groups is 1. The van der Waals surface area contributed by atoms with Crippen molar-refractivity contribution in [2.45, 2.75) is 6.61 Å². The SMILES string of the molecule is COc1ccc2[nH]cc(CONC(=O)CI)c2c1. The number of H-pyrrole nitrogens is 1. The third kappa shape index (κ3) is 2.94. The average Bonchev–Trinajstić information content (AvgIpc) is 2.81. The van der Waals surface area contributed by atoms with E-state index in [0.29, 0.717) is 11.0 Å². The molecule has 1 heterocycles. The van der Waals surface area contributed by atoms with Crippen LogP contribution in [0.15, 0.2) is 24.4 Å². The zero-order chi connectivity index (χ0) is 13.0. The van der Waals surface area contributed by atoms with Crippen molar-refractivity contribution in [1.82, 2.24) is 10.5 Å². The van der Waals surface area contributed by atoms with Crippen LogP contribution in [0.2, 0.25) is 0 Å². The fourth-order valence-electron chi connectivity index (χ4n) is 1.63. The van der Waals surface area contributed by atoms with Crippen LogP contribution in [0.4, 0.5) is 0 Å². The quantitative estimate of drug-likeness (QED) is 0.488. The van der Waals surface area contributed by atoms with E-state index in [1.54, 1.807) is 7.11 Å². The van der Waals surface area contributed by atoms with Gasteiger partial charge in [0.15, 0.2) is 0 Å². The number of aromatic nitrogens is 1. The van der Waals surface area contributed by atoms with Gasteiger partial charge in [0, 0.05) is 22.7 Å². The molecule has 0 aliphatic carbocycles. The first-order valence-corrected chi connectivity index (χ1v) is 6.87. The number of nitrogens with one attached hydrogen (secondary N) is 2. The molecule has 0 bridgehead atoms. The van der Waals surface area contributed by atoms with Gasteiger partial charge in [0.05, 0.1) is 11.5 Å². The van der Waals surface area contributed by atoms with Crippen molar-refractivity contribution >= 4 is 39.4 Å². The number of hydrogen-bond donors (Lipinski definition) is 2. The second kappa shape index (κ2) is 6.05. The topological polar surface area (TPSA) is 63.4 Å². The molecule has 1 aromatic carbocycles. The summed E-state index contributed by atoms with van der Waals surface area (Å²) in [6.07, 6.45) is 1.86. The predicted molar refractivity (Wildman–Crippen MR) is 76.7 cm³/mol. The lowest BCUT2D eigenvalue weighted by atomic mass is 10.2. The summed E-state index contributed by atoms with van der Waals surface area (Å²) in [7, 11) is 1.63. The van der Waals surface area contributed by atoms with Crippen LogP contribution >= 0.6 is 22.6 Å². The van der Waals surface area contributed by atoms with Crippen molar-refractivity contribution < 1.29 is 14.4 Å². The van der Waals surface area contributed by atoms with Crippen LogP contribution in [0.3, 0.4) is 0 Å². The number of halogens is 1. The van der Waals surface area contributed by atoms with Gasteiger partial charge in [-0.25, -0.2) is 5.48 Å². The first-order valence-electron chi connectivity index (χ1n) is 5.35. The lowest BCUT2D eigenvalue weighted by molar-refractivity contribution is -0.131. The number of fused-ring (bicyclic) bond motifs is 1. The Labute approximate surface area is 118 Å². The number of alkyl halides is 1. The number of methoxy groups -OCH3 is 1. The minimum Gasteiger partial charge on any atom is -0.497 e. The lowest BCUT2D eigenvalue weighted by Crippen LogP contribution is -2.24. The standard InChI is InChI=1S/C12H13IN2O3/c1-17-9-2-3-11-10(4-9)8(6-14-11)7-18-15-12(16)5-13/h2-4,6,14H,5,7H2,1H3,(H,15,16). The molecule has 2 rings (SSSR count). The molecule has 2 aromatic rings. The lowest BCUT2D eigenvalue weighted by Gasteiger charge is -2.04. The largest absolute Gasteiger partial charge is 0.497 e. The average molecular weight is 360 g/mol. The molecule has 0 radical (unpaired) electrons. The van der Waals surface area contributed by atoms with Gasteiger partial charge in [0.1, 0.15) is 12.4 Å². The molecule has 1 aromatic heterocycles. The van der Waals surface area contributed by atoms with E-state index in [2.05, 4.69) is 10.5 Å². The van der Waals surface area contributed by atoms with Crippen molar-refractivity contribution in [2.75, 3.05) is 11.5 Å². The van der Waals surface area contributed by atoms with Gasteiger partial charge >= 0.3 is 0 Å². The Bertz CT molecular complexity index is 553. The smallest absolute Gasteiger partial charge is 0.253 e. The maximum atomic E-state index is 11.0. The summed E-state index contributed by atoms with van der Waals surface area (Å²) in [5, 5.41) is 1.03. The molecule has 1 amide bonds. The molecule has 6 heteroatoms. The normalized spacial score (nSPS) is 10.6. The monoisotopic (exact) mass is 360 g/mol. The summed E-state index contributed by atoms with van der Waals surface area (Å²) >= 11 is 1.98. The molecule has 0 aliphatic rings. The molecule has 5 nitrogen and oxygen atoms in total. The number of amides is 1. The van der Waals surface area contributed by atoms with Gasteiger partial charge < -0.3 is 9.72 Å². The molecule has 0 saturated heterocycles. The molecule has 0 spiro atoms. The van der Waals surface area contributed by atoms with E-state index in [4.69, 9.17) is 9.57 Å². The Morgan fingerprint density at radius 1 is 1.50 bits per heavy atom. The zero-order valence-electron chi connectivity index (χ0n) is 9.83. The Morgan fingerprint density at radius 2 is 2.33 bits per heavy atom. The summed E-state index contributed by atoms with van der Waals surface area (Å²) in [5.74, 6) is 0.646. The van der Waals surface area contributed by atoms with Crippen molar-refractivity contribution in [2.24, 2.45) is 0 Å². The summed E-state index contributed by atoms with van der Waals surface area (Å²) in [6.45, 7) is 0.315. The number of hydroxylamine groups is 1. The first-order chi connectivity index (χ1) is 8.74. The van der Waals surface area contributed by atoms with Gasteiger partial charge in [-0.05, 0) is 18.2 Å². The second-order valence-electron chi connectivity index (χ2n) is 3.67. The summed E-state index contributed by atoms with van der Waals surface area (Å²) < 4.78 is 5.56. The molecular weight excluding hydrogens is 347 g/mol. The van der Waals surface area contributed by atoms with Gasteiger partial charge in [0.25, 0.3) is 5.91 Å². The Balaban J connectivity index is 2.10. The second-order valence-corrected chi connectivity index (χ2v) is 4.44. The maximum absolute atomic E-state index is 11.0. The predicted octanol–water partition coefficient (Wildman–Crippen LogP) is 2.16. The highest BCUT2D eigenvalue weighted by atomic mass is 127. The van der Waals surface area contributed by atoms with Gasteiger partial charge in [-0.15, -0.1) is 0 Å². The number of carbonyl (C=O) groups excluding carboxylic acids is 1. The number of benzene rings is 1. The van der Waals surface area contributed by atoms with Crippen molar-refractivity contribution in [1.29, 1.82) is 0 Å². The third-order valence-corrected chi connectivity index (χ3v) is 3.20. The van der Waals surface area contributed by atoms with Crippen LogP contribution in [-0.2, 0) is 16.2 Å². The summed E-state index contributed by atoms with van der Waals surface area (Å²) in [6, 6.07) is 5.77. The van der Waals surface area contributed by atoms with Gasteiger partial charge in [-0.3, -0.25) is 9.63 Å². The fourth-order valence-corrected chi connectivity index (χ4v) is 1.78. The Hall–Kier alpha value is -1.28. The van der Waals surface area contributed by atoms with Crippen LogP contribution in [0, 0.1) is 0 Å². The molecule has 0 aliphatic heterocycles. The molecular formula is C12H13IN2O3. The van der Waals surface area contributed by atoms with Crippen molar-refractivity contribution in [3.8, 4) is 5.75 Å². The molecule has 0 atom stereocenters. The van der Waals surface area contributed by atoms with Gasteiger partial charge in [-0.2, -0.15) is 0 Å². The first kappa shape index (κ1) is 13.2. The van der Waals surface area contributed by atoms with Gasteiger partial charge in [-0.1, -0.05) is 22.6 Å². The highest BCUT2D eigenvalue weighted by molar-refractivity contribution is 14.1. The summed E-state index contributed by atoms with van der Waals surface area (Å²) in [5.41, 5.74) is 4.35. The minimum absolute atomic E-state index is 0.145. The van der Waals surface area contributed by atoms with E-state index in [9.17, 15) is 4.79 Å². The fraction of sp³-hybridized carbons (Fsp3) is 0.250. The highest BCUT2D eigenvalue weighted by Gasteiger charge is 2.06. The number of ether oxygens (including phenoxy) is 1. The van der Waals surface area contributed by atoms with E-state index >= 15 is 0 Å². The molecule has 0 fully saturated rings. The zero-order valence-corrected chi connectivity index (χ0v) is 12.0. The molecule has 0 unspecified atom stereocenters. The van der Waals surface area contributed by atoms with Crippen molar-refractivity contribution in [3.63, 3.8) is 0 Å². The van der Waals surface area contributed by atoms with E-state index < -0.39 is 0 Å². The third-order valence-electron chi connectivity index (χ3n) is 2.51. The minimum atomic E-state index is -0.145.